The van der Waals surface area contributed by atoms with Crippen molar-refractivity contribution in [2.75, 3.05) is 0 Å². The fourth-order valence-electron chi connectivity index (χ4n) is 1.89. The van der Waals surface area contributed by atoms with Crippen molar-refractivity contribution in [3.05, 3.63) is 70.5 Å². The summed E-state index contributed by atoms with van der Waals surface area (Å²) in [6.07, 6.45) is 0. The third-order valence-corrected chi connectivity index (χ3v) is 2.85. The fraction of sp³-hybridized carbons (Fsp3) is 0.0667. The molecule has 100 valence electrons. The average Bonchev–Trinajstić information content (AvgIpc) is 2.47. The molecule has 0 unspecified atom stereocenters. The predicted molar refractivity (Wildman–Crippen MR) is 73.1 cm³/mol. The molecule has 0 fully saturated rings. The van der Waals surface area contributed by atoms with Gasteiger partial charge in [-0.3, -0.25) is 4.79 Å². The first-order chi connectivity index (χ1) is 9.72. The van der Waals surface area contributed by atoms with Crippen LogP contribution in [-0.4, -0.2) is 9.97 Å². The number of H-pyrrole nitrogens is 1. The monoisotopic (exact) mass is 270 g/mol. The quantitative estimate of drug-likeness (QED) is 0.796. The van der Waals surface area contributed by atoms with Gasteiger partial charge in [-0.05, 0) is 36.4 Å². The third-order valence-electron chi connectivity index (χ3n) is 2.85. The molecule has 5 heteroatoms. The molecular formula is C15H11FN2O2. The molecule has 20 heavy (non-hydrogen) atoms. The third kappa shape index (κ3) is 2.51. The Bertz CT molecular complexity index is 797. The van der Waals surface area contributed by atoms with E-state index < -0.39 is 0 Å². The molecule has 3 rings (SSSR count). The minimum absolute atomic E-state index is 0.117. The van der Waals surface area contributed by atoms with Crippen LogP contribution in [0.15, 0.2) is 53.3 Å². The van der Waals surface area contributed by atoms with Crippen molar-refractivity contribution in [1.29, 1.82) is 0 Å². The van der Waals surface area contributed by atoms with E-state index in [0.717, 1.165) is 0 Å². The van der Waals surface area contributed by atoms with Gasteiger partial charge in [0, 0.05) is 0 Å². The SMILES string of the molecule is O=c1[nH]c(COc2ccc(F)cc2)nc2ccccc12. The Labute approximate surface area is 113 Å². The lowest BCUT2D eigenvalue weighted by molar-refractivity contribution is 0.295. The number of ether oxygens (including phenoxy) is 1. The molecule has 0 spiro atoms. The van der Waals surface area contributed by atoms with Crippen LogP contribution < -0.4 is 10.3 Å². The minimum Gasteiger partial charge on any atom is -0.486 e. The second-order valence-electron chi connectivity index (χ2n) is 4.27. The average molecular weight is 270 g/mol. The van der Waals surface area contributed by atoms with Gasteiger partial charge in [0.2, 0.25) is 0 Å². The Balaban J connectivity index is 1.84. The molecule has 1 N–H and O–H groups in total. The van der Waals surface area contributed by atoms with Crippen molar-refractivity contribution in [2.24, 2.45) is 0 Å². The highest BCUT2D eigenvalue weighted by Gasteiger charge is 2.04. The zero-order valence-corrected chi connectivity index (χ0v) is 10.5. The molecule has 0 aliphatic rings. The van der Waals surface area contributed by atoms with Gasteiger partial charge in [0.1, 0.15) is 24.0 Å². The number of hydrogen-bond acceptors (Lipinski definition) is 3. The Morgan fingerprint density at radius 2 is 1.85 bits per heavy atom. The molecule has 3 aromatic rings. The summed E-state index contributed by atoms with van der Waals surface area (Å²) in [5, 5.41) is 0.540. The van der Waals surface area contributed by atoms with Crippen LogP contribution >= 0.6 is 0 Å². The molecule has 0 aliphatic heterocycles. The van der Waals surface area contributed by atoms with Crippen LogP contribution in [0.2, 0.25) is 0 Å². The van der Waals surface area contributed by atoms with Crippen molar-refractivity contribution in [1.82, 2.24) is 9.97 Å². The largest absolute Gasteiger partial charge is 0.486 e. The number of halogens is 1. The van der Waals surface area contributed by atoms with Crippen LogP contribution in [0.25, 0.3) is 10.9 Å². The van der Waals surface area contributed by atoms with E-state index in [-0.39, 0.29) is 18.0 Å². The van der Waals surface area contributed by atoms with Gasteiger partial charge in [0.25, 0.3) is 5.56 Å². The Morgan fingerprint density at radius 3 is 2.65 bits per heavy atom. The van der Waals surface area contributed by atoms with Gasteiger partial charge in [-0.25, -0.2) is 9.37 Å². The lowest BCUT2D eigenvalue weighted by Gasteiger charge is -2.06. The number of hydrogen-bond donors (Lipinski definition) is 1. The second-order valence-corrected chi connectivity index (χ2v) is 4.27. The number of fused-ring (bicyclic) bond motifs is 1. The van der Waals surface area contributed by atoms with E-state index >= 15 is 0 Å². The van der Waals surface area contributed by atoms with E-state index in [1.165, 1.54) is 24.3 Å². The maximum Gasteiger partial charge on any atom is 0.258 e. The van der Waals surface area contributed by atoms with Gasteiger partial charge in [-0.1, -0.05) is 12.1 Å². The number of nitrogens with one attached hydrogen (secondary N) is 1. The van der Waals surface area contributed by atoms with E-state index in [1.54, 1.807) is 18.2 Å². The first-order valence-corrected chi connectivity index (χ1v) is 6.09. The van der Waals surface area contributed by atoms with Gasteiger partial charge in [0.15, 0.2) is 0 Å². The van der Waals surface area contributed by atoms with E-state index in [0.29, 0.717) is 22.5 Å². The van der Waals surface area contributed by atoms with E-state index in [2.05, 4.69) is 9.97 Å². The molecule has 0 aliphatic carbocycles. The highest BCUT2D eigenvalue weighted by atomic mass is 19.1. The molecule has 0 amide bonds. The van der Waals surface area contributed by atoms with Crippen molar-refractivity contribution in [2.45, 2.75) is 6.61 Å². The van der Waals surface area contributed by atoms with Crippen LogP contribution in [0.3, 0.4) is 0 Å². The molecule has 0 atom stereocenters. The summed E-state index contributed by atoms with van der Waals surface area (Å²) in [5.41, 5.74) is 0.419. The molecule has 4 nitrogen and oxygen atoms in total. The van der Waals surface area contributed by atoms with E-state index in [1.807, 2.05) is 6.07 Å². The van der Waals surface area contributed by atoms with Crippen LogP contribution in [-0.2, 0) is 6.61 Å². The first-order valence-electron chi connectivity index (χ1n) is 6.09. The standard InChI is InChI=1S/C15H11FN2O2/c16-10-5-7-11(8-6-10)20-9-14-17-13-4-2-1-3-12(13)15(19)18-14/h1-8H,9H2,(H,17,18,19). The summed E-state index contributed by atoms with van der Waals surface area (Å²) in [5.74, 6) is 0.620. The number of rotatable bonds is 3. The molecule has 0 radical (unpaired) electrons. The van der Waals surface area contributed by atoms with Crippen LogP contribution in [0.4, 0.5) is 4.39 Å². The normalized spacial score (nSPS) is 10.7. The zero-order chi connectivity index (χ0) is 13.9. The van der Waals surface area contributed by atoms with Crippen LogP contribution in [0, 0.1) is 5.82 Å². The summed E-state index contributed by atoms with van der Waals surface area (Å²) in [6, 6.07) is 12.8. The second kappa shape index (κ2) is 5.13. The van der Waals surface area contributed by atoms with E-state index in [9.17, 15) is 9.18 Å². The Kier molecular flexibility index (Phi) is 3.16. The molecular weight excluding hydrogens is 259 g/mol. The molecule has 0 saturated carbocycles. The summed E-state index contributed by atoms with van der Waals surface area (Å²) in [4.78, 5) is 18.8. The minimum atomic E-state index is -0.324. The van der Waals surface area contributed by atoms with Gasteiger partial charge < -0.3 is 9.72 Å². The summed E-state index contributed by atoms with van der Waals surface area (Å²) < 4.78 is 18.2. The number of nitrogens with zero attached hydrogens (tertiary/aromatic N) is 1. The maximum atomic E-state index is 12.8. The van der Waals surface area contributed by atoms with Crippen molar-refractivity contribution in [3.63, 3.8) is 0 Å². The first kappa shape index (κ1) is 12.3. The fourth-order valence-corrected chi connectivity index (χ4v) is 1.89. The van der Waals surface area contributed by atoms with Crippen LogP contribution in [0.5, 0.6) is 5.75 Å². The highest BCUT2D eigenvalue weighted by molar-refractivity contribution is 5.77. The number of aromatic amines is 1. The lowest BCUT2D eigenvalue weighted by Crippen LogP contribution is -2.13. The summed E-state index contributed by atoms with van der Waals surface area (Å²) in [6.45, 7) is 0.117. The van der Waals surface area contributed by atoms with Gasteiger partial charge >= 0.3 is 0 Å². The van der Waals surface area contributed by atoms with Crippen molar-refractivity contribution < 1.29 is 9.13 Å². The maximum absolute atomic E-state index is 12.8. The number of benzene rings is 2. The number of aromatic nitrogens is 2. The topological polar surface area (TPSA) is 55.0 Å². The molecule has 2 aromatic carbocycles. The molecule has 1 heterocycles. The Morgan fingerprint density at radius 1 is 1.10 bits per heavy atom. The molecule has 1 aromatic heterocycles. The number of para-hydroxylation sites is 1. The zero-order valence-electron chi connectivity index (χ0n) is 10.5. The lowest BCUT2D eigenvalue weighted by atomic mass is 10.2. The smallest absolute Gasteiger partial charge is 0.258 e. The summed E-state index contributed by atoms with van der Waals surface area (Å²) >= 11 is 0. The molecule has 0 saturated heterocycles. The van der Waals surface area contributed by atoms with Gasteiger partial charge in [0.05, 0.1) is 10.9 Å². The summed E-state index contributed by atoms with van der Waals surface area (Å²) in [7, 11) is 0. The Hall–Kier alpha value is -2.69. The van der Waals surface area contributed by atoms with Crippen molar-refractivity contribution >= 4 is 10.9 Å². The van der Waals surface area contributed by atoms with Gasteiger partial charge in [-0.15, -0.1) is 0 Å². The van der Waals surface area contributed by atoms with Gasteiger partial charge in [-0.2, -0.15) is 0 Å². The van der Waals surface area contributed by atoms with Crippen LogP contribution in [0.1, 0.15) is 5.82 Å². The van der Waals surface area contributed by atoms with Crippen molar-refractivity contribution in [3.8, 4) is 5.75 Å². The molecule has 0 bridgehead atoms. The van der Waals surface area contributed by atoms with E-state index in [4.69, 9.17) is 4.74 Å². The highest BCUT2D eigenvalue weighted by Crippen LogP contribution is 2.13. The predicted octanol–water partition coefficient (Wildman–Crippen LogP) is 2.64.